The maximum atomic E-state index is 5.91. The predicted molar refractivity (Wildman–Crippen MR) is 79.7 cm³/mol. The molecule has 0 spiro atoms. The molecule has 1 fully saturated rings. The number of hydrogen-bond acceptors (Lipinski definition) is 3. The van der Waals surface area contributed by atoms with Crippen LogP contribution < -0.4 is 5.32 Å². The maximum absolute atomic E-state index is 5.91. The fraction of sp³-hybridized carbons (Fsp3) is 0.500. The highest BCUT2D eigenvalue weighted by Gasteiger charge is 2.19. The number of likely N-dealkylation sites (tertiary alicyclic amines) is 1. The number of furan rings is 1. The molecule has 19 heavy (non-hydrogen) atoms. The molecule has 1 saturated heterocycles. The molecule has 1 aromatic carbocycles. The lowest BCUT2D eigenvalue weighted by Gasteiger charge is -2.19. The summed E-state index contributed by atoms with van der Waals surface area (Å²) in [6.07, 6.45) is 3.69. The number of nitrogens with zero attached hydrogens (tertiary/aromatic N) is 1. The Morgan fingerprint density at radius 2 is 2.26 bits per heavy atom. The highest BCUT2D eigenvalue weighted by atomic mass is 16.3. The molecule has 1 N–H and O–H groups in total. The van der Waals surface area contributed by atoms with Gasteiger partial charge >= 0.3 is 0 Å². The Labute approximate surface area is 114 Å². The van der Waals surface area contributed by atoms with Gasteiger partial charge in [-0.05, 0) is 50.6 Å². The summed E-state index contributed by atoms with van der Waals surface area (Å²) < 4.78 is 5.91. The van der Waals surface area contributed by atoms with Crippen molar-refractivity contribution in [3.05, 3.63) is 30.0 Å². The SMILES string of the molecule is CNc1ccc2oc(CCN3CCCC3C)cc2c1. The zero-order valence-corrected chi connectivity index (χ0v) is 11.8. The van der Waals surface area contributed by atoms with Crippen LogP contribution in [0.4, 0.5) is 5.69 Å². The van der Waals surface area contributed by atoms with E-state index in [9.17, 15) is 0 Å². The van der Waals surface area contributed by atoms with Crippen LogP contribution in [0, 0.1) is 0 Å². The smallest absolute Gasteiger partial charge is 0.134 e. The Morgan fingerprint density at radius 3 is 3.00 bits per heavy atom. The first kappa shape index (κ1) is 12.5. The minimum atomic E-state index is 0.736. The van der Waals surface area contributed by atoms with Crippen molar-refractivity contribution >= 4 is 16.7 Å². The zero-order valence-electron chi connectivity index (χ0n) is 11.8. The van der Waals surface area contributed by atoms with Crippen molar-refractivity contribution in [3.8, 4) is 0 Å². The molecule has 3 nitrogen and oxygen atoms in total. The number of hydrogen-bond donors (Lipinski definition) is 1. The molecular weight excluding hydrogens is 236 g/mol. The second kappa shape index (κ2) is 5.25. The summed E-state index contributed by atoms with van der Waals surface area (Å²) >= 11 is 0. The van der Waals surface area contributed by atoms with Crippen LogP contribution >= 0.6 is 0 Å². The second-order valence-corrected chi connectivity index (χ2v) is 5.49. The molecule has 1 unspecified atom stereocenters. The van der Waals surface area contributed by atoms with Crippen LogP contribution in [0.15, 0.2) is 28.7 Å². The van der Waals surface area contributed by atoms with Crippen molar-refractivity contribution in [1.29, 1.82) is 0 Å². The summed E-state index contributed by atoms with van der Waals surface area (Å²) in [6.45, 7) is 4.68. The number of rotatable bonds is 4. The third kappa shape index (κ3) is 2.61. The van der Waals surface area contributed by atoms with Crippen molar-refractivity contribution < 1.29 is 4.42 Å². The van der Waals surface area contributed by atoms with Crippen LogP contribution in [-0.4, -0.2) is 31.1 Å². The van der Waals surface area contributed by atoms with Crippen molar-refractivity contribution in [2.45, 2.75) is 32.2 Å². The Balaban J connectivity index is 1.71. The van der Waals surface area contributed by atoms with E-state index >= 15 is 0 Å². The van der Waals surface area contributed by atoms with Gasteiger partial charge in [0.2, 0.25) is 0 Å². The lowest BCUT2D eigenvalue weighted by atomic mass is 10.2. The van der Waals surface area contributed by atoms with Crippen LogP contribution in [0.3, 0.4) is 0 Å². The summed E-state index contributed by atoms with van der Waals surface area (Å²) in [5.74, 6) is 1.10. The molecule has 3 heteroatoms. The van der Waals surface area contributed by atoms with Crippen LogP contribution in [-0.2, 0) is 6.42 Å². The van der Waals surface area contributed by atoms with Gasteiger partial charge in [0.1, 0.15) is 11.3 Å². The average Bonchev–Trinajstić information content (AvgIpc) is 3.01. The van der Waals surface area contributed by atoms with Gasteiger partial charge in [-0.25, -0.2) is 0 Å². The highest BCUT2D eigenvalue weighted by molar-refractivity contribution is 5.81. The normalized spacial score (nSPS) is 20.2. The lowest BCUT2D eigenvalue weighted by molar-refractivity contribution is 0.266. The van der Waals surface area contributed by atoms with Crippen molar-refractivity contribution in [1.82, 2.24) is 4.90 Å². The van der Waals surface area contributed by atoms with Crippen LogP contribution in [0.1, 0.15) is 25.5 Å². The van der Waals surface area contributed by atoms with Gasteiger partial charge < -0.3 is 14.6 Å². The van der Waals surface area contributed by atoms with Gasteiger partial charge in [0.25, 0.3) is 0 Å². The molecule has 3 rings (SSSR count). The summed E-state index contributed by atoms with van der Waals surface area (Å²) in [4.78, 5) is 2.56. The van der Waals surface area contributed by atoms with E-state index < -0.39 is 0 Å². The van der Waals surface area contributed by atoms with E-state index in [1.54, 1.807) is 0 Å². The molecule has 1 aliphatic heterocycles. The van der Waals surface area contributed by atoms with E-state index in [-0.39, 0.29) is 0 Å². The number of fused-ring (bicyclic) bond motifs is 1. The van der Waals surface area contributed by atoms with Crippen molar-refractivity contribution in [2.24, 2.45) is 0 Å². The summed E-state index contributed by atoms with van der Waals surface area (Å²) in [5, 5.41) is 4.35. The molecule has 0 radical (unpaired) electrons. The Morgan fingerprint density at radius 1 is 1.37 bits per heavy atom. The zero-order chi connectivity index (χ0) is 13.2. The van der Waals surface area contributed by atoms with Gasteiger partial charge in [0.15, 0.2) is 0 Å². The van der Waals surface area contributed by atoms with Gasteiger partial charge in [0.05, 0.1) is 0 Å². The third-order valence-corrected chi connectivity index (χ3v) is 4.19. The molecule has 0 aliphatic carbocycles. The summed E-state index contributed by atoms with van der Waals surface area (Å²) in [7, 11) is 1.94. The number of anilines is 1. The minimum Gasteiger partial charge on any atom is -0.461 e. The molecule has 0 amide bonds. The fourth-order valence-corrected chi connectivity index (χ4v) is 2.96. The lowest BCUT2D eigenvalue weighted by Crippen LogP contribution is -2.28. The van der Waals surface area contributed by atoms with Crippen LogP contribution in [0.2, 0.25) is 0 Å². The number of nitrogens with one attached hydrogen (secondary N) is 1. The first-order valence-corrected chi connectivity index (χ1v) is 7.20. The van der Waals surface area contributed by atoms with E-state index in [0.29, 0.717) is 0 Å². The molecule has 2 aromatic rings. The van der Waals surface area contributed by atoms with Crippen molar-refractivity contribution in [3.63, 3.8) is 0 Å². The molecule has 1 aromatic heterocycles. The highest BCUT2D eigenvalue weighted by Crippen LogP contribution is 2.24. The van der Waals surface area contributed by atoms with Gasteiger partial charge in [-0.1, -0.05) is 0 Å². The predicted octanol–water partition coefficient (Wildman–Crippen LogP) is 3.50. The van der Waals surface area contributed by atoms with E-state index in [0.717, 1.165) is 36.0 Å². The monoisotopic (exact) mass is 258 g/mol. The molecule has 1 aliphatic rings. The average molecular weight is 258 g/mol. The fourth-order valence-electron chi connectivity index (χ4n) is 2.96. The van der Waals surface area contributed by atoms with Crippen molar-refractivity contribution in [2.75, 3.05) is 25.5 Å². The van der Waals surface area contributed by atoms with Gasteiger partial charge in [0, 0.05) is 37.1 Å². The largest absolute Gasteiger partial charge is 0.461 e. The molecule has 102 valence electrons. The van der Waals surface area contributed by atoms with Crippen LogP contribution in [0.25, 0.3) is 11.0 Å². The second-order valence-electron chi connectivity index (χ2n) is 5.49. The van der Waals surface area contributed by atoms with Crippen LogP contribution in [0.5, 0.6) is 0 Å². The summed E-state index contributed by atoms with van der Waals surface area (Å²) in [5.41, 5.74) is 2.12. The maximum Gasteiger partial charge on any atom is 0.134 e. The molecule has 0 saturated carbocycles. The Bertz CT molecular complexity index is 561. The molecule has 1 atom stereocenters. The van der Waals surface area contributed by atoms with Gasteiger partial charge in [-0.15, -0.1) is 0 Å². The first-order valence-electron chi connectivity index (χ1n) is 7.20. The topological polar surface area (TPSA) is 28.4 Å². The van der Waals surface area contributed by atoms with Gasteiger partial charge in [-0.3, -0.25) is 0 Å². The minimum absolute atomic E-state index is 0.736. The Hall–Kier alpha value is -1.48. The van der Waals surface area contributed by atoms with E-state index in [4.69, 9.17) is 4.42 Å². The van der Waals surface area contributed by atoms with E-state index in [1.165, 1.54) is 24.8 Å². The first-order chi connectivity index (χ1) is 9.26. The third-order valence-electron chi connectivity index (χ3n) is 4.19. The molecule has 0 bridgehead atoms. The summed E-state index contributed by atoms with van der Waals surface area (Å²) in [6, 6.07) is 9.15. The molecule has 2 heterocycles. The van der Waals surface area contributed by atoms with E-state index in [2.05, 4.69) is 35.3 Å². The van der Waals surface area contributed by atoms with Gasteiger partial charge in [-0.2, -0.15) is 0 Å². The standard InChI is InChI=1S/C16H22N2O/c1-12-4-3-8-18(12)9-7-15-11-13-10-14(17-2)5-6-16(13)19-15/h5-6,10-12,17H,3-4,7-9H2,1-2H3. The molecular formula is C16H22N2O. The van der Waals surface area contributed by atoms with E-state index in [1.807, 2.05) is 13.1 Å². The number of benzene rings is 1. The quantitative estimate of drug-likeness (QED) is 0.909. The Kier molecular flexibility index (Phi) is 3.47.